The van der Waals surface area contributed by atoms with Crippen molar-refractivity contribution in [1.29, 1.82) is 0 Å². The number of anilines is 1. The van der Waals surface area contributed by atoms with E-state index in [0.717, 1.165) is 0 Å². The quantitative estimate of drug-likeness (QED) is 0.422. The lowest BCUT2D eigenvalue weighted by atomic mass is 10.0. The van der Waals surface area contributed by atoms with E-state index >= 15 is 0 Å². The van der Waals surface area contributed by atoms with Crippen LogP contribution in [-0.4, -0.2) is 36.4 Å². The average molecular weight is 261 g/mol. The second kappa shape index (κ2) is 5.46. The first-order valence-electron chi connectivity index (χ1n) is 5.01. The Kier molecular flexibility index (Phi) is 4.47. The third kappa shape index (κ3) is 3.16. The fourth-order valence-electron chi connectivity index (χ4n) is 1.72. The molecule has 0 bridgehead atoms. The molecule has 0 atom stereocenters. The lowest BCUT2D eigenvalue weighted by molar-refractivity contribution is 0.292. The lowest BCUT2D eigenvalue weighted by Crippen LogP contribution is -2.11. The van der Waals surface area contributed by atoms with E-state index in [1.807, 2.05) is 0 Å². The molecule has 0 fully saturated rings. The van der Waals surface area contributed by atoms with Gasteiger partial charge in [-0.15, -0.1) is 0 Å². The van der Waals surface area contributed by atoms with Crippen LogP contribution >= 0.6 is 0 Å². The number of benzene rings is 1. The minimum atomic E-state index is -4.36. The van der Waals surface area contributed by atoms with Crippen LogP contribution in [0.25, 0.3) is 0 Å². The van der Waals surface area contributed by atoms with Crippen molar-refractivity contribution < 1.29 is 23.2 Å². The first kappa shape index (κ1) is 13.9. The van der Waals surface area contributed by atoms with Crippen LogP contribution < -0.4 is 5.73 Å². The number of aliphatic hydroxyl groups is 2. The van der Waals surface area contributed by atoms with Gasteiger partial charge in [-0.3, -0.25) is 4.55 Å². The molecule has 0 unspecified atom stereocenters. The van der Waals surface area contributed by atoms with E-state index < -0.39 is 10.1 Å². The molecule has 96 valence electrons. The van der Waals surface area contributed by atoms with E-state index in [-0.39, 0.29) is 36.5 Å². The summed E-state index contributed by atoms with van der Waals surface area (Å²) in [5.41, 5.74) is 6.70. The molecule has 0 aliphatic rings. The van der Waals surface area contributed by atoms with Gasteiger partial charge in [0.05, 0.1) is 4.90 Å². The van der Waals surface area contributed by atoms with Crippen molar-refractivity contribution in [2.75, 3.05) is 18.9 Å². The maximum absolute atomic E-state index is 11.2. The molecule has 0 aliphatic heterocycles. The van der Waals surface area contributed by atoms with Crippen LogP contribution in [-0.2, 0) is 23.0 Å². The second-order valence-corrected chi connectivity index (χ2v) is 4.92. The Morgan fingerprint density at radius 3 is 2.06 bits per heavy atom. The minimum Gasteiger partial charge on any atom is -0.398 e. The Morgan fingerprint density at radius 1 is 1.06 bits per heavy atom. The number of aliphatic hydroxyl groups excluding tert-OH is 2. The van der Waals surface area contributed by atoms with E-state index in [1.54, 1.807) is 0 Å². The van der Waals surface area contributed by atoms with Crippen molar-refractivity contribution in [1.82, 2.24) is 0 Å². The zero-order valence-electron chi connectivity index (χ0n) is 9.13. The summed E-state index contributed by atoms with van der Waals surface area (Å²) in [5.74, 6) is 0. The SMILES string of the molecule is Nc1ccc(S(=O)(=O)O)c(CCO)c1CCO. The number of hydrogen-bond donors (Lipinski definition) is 4. The summed E-state index contributed by atoms with van der Waals surface area (Å²) in [7, 11) is -4.36. The molecule has 0 amide bonds. The van der Waals surface area contributed by atoms with Crippen molar-refractivity contribution in [2.45, 2.75) is 17.7 Å². The first-order valence-corrected chi connectivity index (χ1v) is 6.45. The van der Waals surface area contributed by atoms with E-state index in [1.165, 1.54) is 12.1 Å². The van der Waals surface area contributed by atoms with Crippen LogP contribution in [0.5, 0.6) is 0 Å². The van der Waals surface area contributed by atoms with Gasteiger partial charge in [-0.05, 0) is 36.1 Å². The average Bonchev–Trinajstić information content (AvgIpc) is 2.22. The smallest absolute Gasteiger partial charge is 0.294 e. The van der Waals surface area contributed by atoms with Crippen LogP contribution in [0.15, 0.2) is 17.0 Å². The van der Waals surface area contributed by atoms with Crippen LogP contribution in [0.3, 0.4) is 0 Å². The highest BCUT2D eigenvalue weighted by Gasteiger charge is 2.19. The Hall–Kier alpha value is -1.15. The monoisotopic (exact) mass is 261 g/mol. The Bertz CT molecular complexity index is 498. The van der Waals surface area contributed by atoms with Gasteiger partial charge in [0.25, 0.3) is 10.1 Å². The molecule has 0 aliphatic carbocycles. The molecule has 1 aromatic carbocycles. The number of hydrogen-bond acceptors (Lipinski definition) is 5. The lowest BCUT2D eigenvalue weighted by Gasteiger charge is -2.14. The maximum atomic E-state index is 11.2. The van der Waals surface area contributed by atoms with E-state index in [2.05, 4.69) is 0 Å². The first-order chi connectivity index (χ1) is 7.91. The van der Waals surface area contributed by atoms with Gasteiger partial charge in [0.2, 0.25) is 0 Å². The molecule has 7 heteroatoms. The molecule has 0 radical (unpaired) electrons. The standard InChI is InChI=1S/C10H15NO5S/c11-9-1-2-10(17(14,15)16)8(4-6-13)7(9)3-5-12/h1-2,12-13H,3-6,11H2,(H,14,15,16). The highest BCUT2D eigenvalue weighted by atomic mass is 32.2. The van der Waals surface area contributed by atoms with Gasteiger partial charge in [0.15, 0.2) is 0 Å². The van der Waals surface area contributed by atoms with Crippen molar-refractivity contribution in [3.05, 3.63) is 23.3 Å². The molecule has 1 rings (SSSR count). The summed E-state index contributed by atoms with van der Waals surface area (Å²) in [6, 6.07) is 2.55. The summed E-state index contributed by atoms with van der Waals surface area (Å²) in [4.78, 5) is -0.274. The zero-order chi connectivity index (χ0) is 13.1. The summed E-state index contributed by atoms with van der Waals surface area (Å²) < 4.78 is 31.4. The molecule has 6 nitrogen and oxygen atoms in total. The normalized spacial score (nSPS) is 11.7. The van der Waals surface area contributed by atoms with Crippen molar-refractivity contribution in [3.63, 3.8) is 0 Å². The van der Waals surface area contributed by atoms with E-state index in [4.69, 9.17) is 20.5 Å². The fourth-order valence-corrected chi connectivity index (χ4v) is 2.50. The minimum absolute atomic E-state index is 0.0511. The van der Waals surface area contributed by atoms with Crippen LogP contribution in [0, 0.1) is 0 Å². The second-order valence-electron chi connectivity index (χ2n) is 3.53. The van der Waals surface area contributed by atoms with E-state index in [0.29, 0.717) is 11.3 Å². The van der Waals surface area contributed by atoms with Crippen LogP contribution in [0.1, 0.15) is 11.1 Å². The van der Waals surface area contributed by atoms with Crippen LogP contribution in [0.2, 0.25) is 0 Å². The predicted molar refractivity (Wildman–Crippen MR) is 62.2 cm³/mol. The highest BCUT2D eigenvalue weighted by Crippen LogP contribution is 2.25. The molecule has 0 spiro atoms. The van der Waals surface area contributed by atoms with Gasteiger partial charge < -0.3 is 15.9 Å². The zero-order valence-corrected chi connectivity index (χ0v) is 9.94. The summed E-state index contributed by atoms with van der Waals surface area (Å²) >= 11 is 0. The Morgan fingerprint density at radius 2 is 1.59 bits per heavy atom. The summed E-state index contributed by atoms with van der Waals surface area (Å²) in [6.45, 7) is -0.470. The van der Waals surface area contributed by atoms with Crippen molar-refractivity contribution >= 4 is 15.8 Å². The molecular formula is C10H15NO5S. The third-order valence-corrected chi connectivity index (χ3v) is 3.36. The van der Waals surface area contributed by atoms with Gasteiger partial charge in [0, 0.05) is 18.9 Å². The molecule has 0 saturated heterocycles. The summed E-state index contributed by atoms with van der Waals surface area (Å²) in [6.07, 6.45) is 0.222. The molecular weight excluding hydrogens is 246 g/mol. The fraction of sp³-hybridized carbons (Fsp3) is 0.400. The van der Waals surface area contributed by atoms with Crippen LogP contribution in [0.4, 0.5) is 5.69 Å². The van der Waals surface area contributed by atoms with Crippen molar-refractivity contribution in [3.8, 4) is 0 Å². The Balaban J connectivity index is 3.47. The molecule has 0 heterocycles. The number of nitrogen functional groups attached to an aromatic ring is 1. The third-order valence-electron chi connectivity index (χ3n) is 2.43. The number of nitrogens with two attached hydrogens (primary N) is 1. The predicted octanol–water partition coefficient (Wildman–Crippen LogP) is -0.415. The van der Waals surface area contributed by atoms with Gasteiger partial charge in [-0.1, -0.05) is 0 Å². The largest absolute Gasteiger partial charge is 0.398 e. The summed E-state index contributed by atoms with van der Waals surface area (Å²) in [5, 5.41) is 17.8. The Labute approximate surface area is 99.4 Å². The van der Waals surface area contributed by atoms with Gasteiger partial charge in [0.1, 0.15) is 0 Å². The molecule has 1 aromatic rings. The van der Waals surface area contributed by atoms with Gasteiger partial charge in [-0.25, -0.2) is 0 Å². The van der Waals surface area contributed by atoms with Gasteiger partial charge in [-0.2, -0.15) is 8.42 Å². The van der Waals surface area contributed by atoms with E-state index in [9.17, 15) is 8.42 Å². The van der Waals surface area contributed by atoms with Crippen molar-refractivity contribution in [2.24, 2.45) is 0 Å². The molecule has 5 N–H and O–H groups in total. The topological polar surface area (TPSA) is 121 Å². The molecule has 0 aromatic heterocycles. The molecule has 17 heavy (non-hydrogen) atoms. The molecule has 0 saturated carbocycles. The maximum Gasteiger partial charge on any atom is 0.294 e. The number of rotatable bonds is 5. The highest BCUT2D eigenvalue weighted by molar-refractivity contribution is 7.85. The van der Waals surface area contributed by atoms with Gasteiger partial charge >= 0.3 is 0 Å².